The van der Waals surface area contributed by atoms with Crippen LogP contribution in [0.4, 0.5) is 13.2 Å². The van der Waals surface area contributed by atoms with Gasteiger partial charge in [0.25, 0.3) is 0 Å². The Morgan fingerprint density at radius 3 is 2.48 bits per heavy atom. The Balaban J connectivity index is 0.00000261. The maximum atomic E-state index is 13.6. The molecule has 0 bridgehead atoms. The summed E-state index contributed by atoms with van der Waals surface area (Å²) in [6.07, 6.45) is -2.40. The van der Waals surface area contributed by atoms with Crippen molar-refractivity contribution in [1.82, 2.24) is 14.7 Å². The average molecular weight is 493 g/mol. The minimum atomic E-state index is -4.48. The van der Waals surface area contributed by atoms with Gasteiger partial charge in [-0.2, -0.15) is 18.3 Å². The van der Waals surface area contributed by atoms with Gasteiger partial charge in [0.05, 0.1) is 23.5 Å². The van der Waals surface area contributed by atoms with E-state index in [1.54, 1.807) is 19.9 Å². The summed E-state index contributed by atoms with van der Waals surface area (Å²) in [5.41, 5.74) is 7.17. The number of guanidine groups is 1. The number of halogens is 4. The van der Waals surface area contributed by atoms with Gasteiger partial charge in [0, 0.05) is 18.8 Å². The van der Waals surface area contributed by atoms with E-state index in [2.05, 4.69) is 10.1 Å². The van der Waals surface area contributed by atoms with Crippen LogP contribution in [0.15, 0.2) is 29.3 Å². The molecule has 1 saturated carbocycles. The van der Waals surface area contributed by atoms with Crippen LogP contribution in [-0.4, -0.2) is 33.7 Å². The SMILES string of the molecule is Cc1cc(C)n(-c2ccc(CN=C(N)N(C)C3CC3)c(C(F)(F)F)c2)n1.I. The third-order valence-electron chi connectivity index (χ3n) is 4.52. The monoisotopic (exact) mass is 493 g/mol. The lowest BCUT2D eigenvalue weighted by Gasteiger charge is -2.18. The summed E-state index contributed by atoms with van der Waals surface area (Å²) in [6.45, 7) is 3.49. The number of aromatic nitrogens is 2. The molecule has 2 N–H and O–H groups in total. The van der Waals surface area contributed by atoms with Crippen molar-refractivity contribution >= 4 is 29.9 Å². The number of benzene rings is 1. The Morgan fingerprint density at radius 2 is 1.96 bits per heavy atom. The van der Waals surface area contributed by atoms with Gasteiger partial charge in [-0.3, -0.25) is 0 Å². The quantitative estimate of drug-likeness (QED) is 0.398. The van der Waals surface area contributed by atoms with Crippen LogP contribution in [0.5, 0.6) is 0 Å². The van der Waals surface area contributed by atoms with Crippen molar-refractivity contribution in [1.29, 1.82) is 0 Å². The number of aliphatic imine (C=N–C) groups is 1. The lowest BCUT2D eigenvalue weighted by atomic mass is 10.1. The van der Waals surface area contributed by atoms with Crippen LogP contribution in [0.25, 0.3) is 5.69 Å². The molecule has 27 heavy (non-hydrogen) atoms. The smallest absolute Gasteiger partial charge is 0.370 e. The highest BCUT2D eigenvalue weighted by molar-refractivity contribution is 14.0. The van der Waals surface area contributed by atoms with Crippen molar-refractivity contribution < 1.29 is 13.2 Å². The van der Waals surface area contributed by atoms with Gasteiger partial charge in [-0.15, -0.1) is 24.0 Å². The van der Waals surface area contributed by atoms with Crippen molar-refractivity contribution in [2.45, 2.75) is 45.5 Å². The average Bonchev–Trinajstić information content (AvgIpc) is 3.35. The summed E-state index contributed by atoms with van der Waals surface area (Å²) < 4.78 is 42.2. The van der Waals surface area contributed by atoms with Gasteiger partial charge >= 0.3 is 6.18 Å². The number of alkyl halides is 3. The molecule has 2 aromatic rings. The maximum absolute atomic E-state index is 13.6. The number of rotatable bonds is 4. The molecule has 0 unspecified atom stereocenters. The predicted molar refractivity (Wildman–Crippen MR) is 110 cm³/mol. The molecular weight excluding hydrogens is 470 g/mol. The fraction of sp³-hybridized carbons (Fsp3) is 0.444. The van der Waals surface area contributed by atoms with Gasteiger partial charge in [-0.25, -0.2) is 9.67 Å². The highest BCUT2D eigenvalue weighted by atomic mass is 127. The van der Waals surface area contributed by atoms with E-state index >= 15 is 0 Å². The predicted octanol–water partition coefficient (Wildman–Crippen LogP) is 4.03. The van der Waals surface area contributed by atoms with Gasteiger partial charge in [-0.05, 0) is 50.5 Å². The van der Waals surface area contributed by atoms with E-state index in [4.69, 9.17) is 5.73 Å². The van der Waals surface area contributed by atoms with Gasteiger partial charge in [-0.1, -0.05) is 6.07 Å². The Labute approximate surface area is 173 Å². The molecule has 148 valence electrons. The minimum absolute atomic E-state index is 0. The van der Waals surface area contributed by atoms with Crippen molar-refractivity contribution in [2.75, 3.05) is 7.05 Å². The van der Waals surface area contributed by atoms with Crippen LogP contribution in [0.3, 0.4) is 0 Å². The molecule has 5 nitrogen and oxygen atoms in total. The van der Waals surface area contributed by atoms with E-state index in [-0.39, 0.29) is 42.0 Å². The number of hydrogen-bond donors (Lipinski definition) is 1. The van der Waals surface area contributed by atoms with Crippen LogP contribution in [0.2, 0.25) is 0 Å². The summed E-state index contributed by atoms with van der Waals surface area (Å²) in [5.74, 6) is 0.267. The Morgan fingerprint density at radius 1 is 1.30 bits per heavy atom. The Hall–Kier alpha value is -1.78. The lowest BCUT2D eigenvalue weighted by Crippen LogP contribution is -2.35. The molecule has 0 spiro atoms. The fourth-order valence-corrected chi connectivity index (χ4v) is 2.91. The molecular formula is C18H23F3IN5. The molecule has 1 aliphatic rings. The summed E-state index contributed by atoms with van der Waals surface area (Å²) in [5, 5.41) is 4.25. The minimum Gasteiger partial charge on any atom is -0.370 e. The first-order valence-corrected chi connectivity index (χ1v) is 8.43. The van der Waals surface area contributed by atoms with Crippen LogP contribution in [-0.2, 0) is 12.7 Å². The third kappa shape index (κ3) is 4.94. The molecule has 1 aliphatic carbocycles. The summed E-state index contributed by atoms with van der Waals surface area (Å²) in [7, 11) is 1.81. The number of nitrogens with zero attached hydrogens (tertiary/aromatic N) is 4. The zero-order valence-electron chi connectivity index (χ0n) is 15.4. The van der Waals surface area contributed by atoms with Gasteiger partial charge < -0.3 is 10.6 Å². The third-order valence-corrected chi connectivity index (χ3v) is 4.52. The number of nitrogens with two attached hydrogens (primary N) is 1. The second-order valence-electron chi connectivity index (χ2n) is 6.69. The van der Waals surface area contributed by atoms with Gasteiger partial charge in [0.15, 0.2) is 5.96 Å². The normalized spacial score (nSPS) is 14.8. The van der Waals surface area contributed by atoms with E-state index < -0.39 is 11.7 Å². The maximum Gasteiger partial charge on any atom is 0.416 e. The molecule has 0 saturated heterocycles. The molecule has 1 aromatic carbocycles. The molecule has 0 radical (unpaired) electrons. The van der Waals surface area contributed by atoms with Crippen LogP contribution < -0.4 is 5.73 Å². The first kappa shape index (κ1) is 21.5. The summed E-state index contributed by atoms with van der Waals surface area (Å²) in [6, 6.07) is 6.36. The van der Waals surface area contributed by atoms with E-state index in [0.29, 0.717) is 11.7 Å². The zero-order chi connectivity index (χ0) is 19.1. The Kier molecular flexibility index (Phi) is 6.43. The van der Waals surface area contributed by atoms with Crippen molar-refractivity contribution in [3.8, 4) is 5.69 Å². The fourth-order valence-electron chi connectivity index (χ4n) is 2.91. The molecule has 1 aromatic heterocycles. The molecule has 3 rings (SSSR count). The standard InChI is InChI=1S/C18H22F3N5.HI/c1-11-8-12(2)26(24-11)15-5-4-13(16(9-15)18(19,20)21)10-23-17(22)25(3)14-6-7-14;/h4-5,8-9,14H,6-7,10H2,1-3H3,(H2,22,23);1H. The first-order chi connectivity index (χ1) is 12.2. The van der Waals surface area contributed by atoms with E-state index in [0.717, 1.165) is 30.3 Å². The number of aryl methyl sites for hydroxylation is 2. The van der Waals surface area contributed by atoms with E-state index in [1.807, 2.05) is 18.0 Å². The molecule has 0 amide bonds. The first-order valence-electron chi connectivity index (χ1n) is 8.43. The van der Waals surface area contributed by atoms with E-state index in [9.17, 15) is 13.2 Å². The molecule has 1 fully saturated rings. The van der Waals surface area contributed by atoms with Crippen molar-refractivity contribution in [3.05, 3.63) is 46.8 Å². The second kappa shape index (κ2) is 8.07. The van der Waals surface area contributed by atoms with Crippen LogP contribution >= 0.6 is 24.0 Å². The van der Waals surface area contributed by atoms with Crippen molar-refractivity contribution in [2.24, 2.45) is 10.7 Å². The summed E-state index contributed by atoms with van der Waals surface area (Å²) >= 11 is 0. The lowest BCUT2D eigenvalue weighted by molar-refractivity contribution is -0.138. The van der Waals surface area contributed by atoms with Crippen LogP contribution in [0, 0.1) is 13.8 Å². The Bertz CT molecular complexity index is 840. The van der Waals surface area contributed by atoms with Crippen LogP contribution in [0.1, 0.15) is 35.4 Å². The summed E-state index contributed by atoms with van der Waals surface area (Å²) in [4.78, 5) is 5.97. The second-order valence-corrected chi connectivity index (χ2v) is 6.69. The zero-order valence-corrected chi connectivity index (χ0v) is 17.7. The van der Waals surface area contributed by atoms with Crippen molar-refractivity contribution in [3.63, 3.8) is 0 Å². The highest BCUT2D eigenvalue weighted by Crippen LogP contribution is 2.34. The molecule has 9 heteroatoms. The molecule has 1 heterocycles. The van der Waals surface area contributed by atoms with Gasteiger partial charge in [0.1, 0.15) is 0 Å². The largest absolute Gasteiger partial charge is 0.416 e. The topological polar surface area (TPSA) is 59.4 Å². The molecule has 0 atom stereocenters. The number of hydrogen-bond acceptors (Lipinski definition) is 2. The highest BCUT2D eigenvalue weighted by Gasteiger charge is 2.34. The van der Waals surface area contributed by atoms with Gasteiger partial charge in [0.2, 0.25) is 0 Å². The van der Waals surface area contributed by atoms with E-state index in [1.165, 1.54) is 10.7 Å². The molecule has 0 aliphatic heterocycles.